The molecular formula is C12H13F2N3OS. The predicted octanol–water partition coefficient (Wildman–Crippen LogP) is 2.85. The molecule has 102 valence electrons. The number of amides is 1. The van der Waals surface area contributed by atoms with Gasteiger partial charge in [-0.25, -0.2) is 18.7 Å². The fourth-order valence-electron chi connectivity index (χ4n) is 1.40. The zero-order valence-electron chi connectivity index (χ0n) is 10.7. The monoisotopic (exact) mass is 285 g/mol. The minimum Gasteiger partial charge on any atom is -0.340 e. The first-order valence-corrected chi connectivity index (χ1v) is 6.49. The fourth-order valence-corrected chi connectivity index (χ4v) is 2.23. The third-order valence-corrected chi connectivity index (χ3v) is 3.89. The summed E-state index contributed by atoms with van der Waals surface area (Å²) in [5, 5.41) is 4.10. The van der Waals surface area contributed by atoms with Crippen LogP contribution in [0.3, 0.4) is 0 Å². The van der Waals surface area contributed by atoms with E-state index < -0.39 is 17.4 Å². The molecule has 0 aromatic carbocycles. The Hall–Kier alpha value is -1.63. The van der Waals surface area contributed by atoms with Crippen LogP contribution in [0.2, 0.25) is 0 Å². The minimum atomic E-state index is -3.04. The Kier molecular flexibility index (Phi) is 3.25. The average Bonchev–Trinajstić information content (AvgIpc) is 2.73. The van der Waals surface area contributed by atoms with Crippen molar-refractivity contribution in [1.82, 2.24) is 15.3 Å². The molecule has 2 heterocycles. The zero-order chi connectivity index (χ0) is 14.3. The highest BCUT2D eigenvalue weighted by Crippen LogP contribution is 2.28. The molecule has 0 unspecified atom stereocenters. The second-order valence-corrected chi connectivity index (χ2v) is 5.74. The summed E-state index contributed by atoms with van der Waals surface area (Å²) in [7, 11) is 0. The molecule has 1 N–H and O–H groups in total. The van der Waals surface area contributed by atoms with Crippen LogP contribution in [-0.4, -0.2) is 27.3 Å². The topological polar surface area (TPSA) is 54.9 Å². The normalized spacial score (nSPS) is 12.7. The summed E-state index contributed by atoms with van der Waals surface area (Å²) in [4.78, 5) is 20.0. The van der Waals surface area contributed by atoms with Crippen molar-refractivity contribution in [2.75, 3.05) is 0 Å². The summed E-state index contributed by atoms with van der Waals surface area (Å²) in [6, 6.07) is 1.75. The van der Waals surface area contributed by atoms with Crippen LogP contribution in [0, 0.1) is 0 Å². The van der Waals surface area contributed by atoms with Gasteiger partial charge in [-0.05, 0) is 25.3 Å². The molecule has 1 amide bonds. The molecule has 19 heavy (non-hydrogen) atoms. The van der Waals surface area contributed by atoms with E-state index in [0.717, 1.165) is 6.92 Å². The first kappa shape index (κ1) is 13.8. The number of carbonyl (C=O) groups is 1. The Morgan fingerprint density at radius 3 is 2.63 bits per heavy atom. The summed E-state index contributed by atoms with van der Waals surface area (Å²) in [6.07, 6.45) is 1.25. The summed E-state index contributed by atoms with van der Waals surface area (Å²) in [5.74, 6) is -3.66. The Labute approximate surface area is 112 Å². The maximum absolute atomic E-state index is 13.4. The van der Waals surface area contributed by atoms with Gasteiger partial charge >= 0.3 is 0 Å². The molecule has 2 aromatic rings. The van der Waals surface area contributed by atoms with Gasteiger partial charge in [0.2, 0.25) is 0 Å². The Balaban J connectivity index is 2.33. The van der Waals surface area contributed by atoms with Crippen LogP contribution >= 0.6 is 11.3 Å². The first-order valence-electron chi connectivity index (χ1n) is 5.61. The molecule has 2 aromatic heterocycles. The van der Waals surface area contributed by atoms with Crippen molar-refractivity contribution in [2.45, 2.75) is 32.2 Å². The molecule has 0 saturated heterocycles. The van der Waals surface area contributed by atoms with Gasteiger partial charge in [0.15, 0.2) is 0 Å². The third-order valence-electron chi connectivity index (χ3n) is 2.98. The van der Waals surface area contributed by atoms with Crippen LogP contribution in [0.1, 0.15) is 31.3 Å². The van der Waals surface area contributed by atoms with Gasteiger partial charge in [0.25, 0.3) is 11.8 Å². The predicted molar refractivity (Wildman–Crippen MR) is 69.6 cm³/mol. The number of halogens is 2. The van der Waals surface area contributed by atoms with Crippen LogP contribution in [0.15, 0.2) is 17.8 Å². The molecule has 0 atom stereocenters. The van der Waals surface area contributed by atoms with E-state index in [2.05, 4.69) is 15.3 Å². The molecule has 0 aliphatic rings. The molecular weight excluding hydrogens is 272 g/mol. The van der Waals surface area contributed by atoms with E-state index in [1.54, 1.807) is 11.4 Å². The number of nitrogens with one attached hydrogen (secondary N) is 1. The minimum absolute atomic E-state index is 0.123. The molecule has 0 radical (unpaired) electrons. The van der Waals surface area contributed by atoms with Gasteiger partial charge in [-0.15, -0.1) is 11.3 Å². The van der Waals surface area contributed by atoms with Crippen molar-refractivity contribution >= 4 is 27.5 Å². The van der Waals surface area contributed by atoms with Crippen molar-refractivity contribution in [3.8, 4) is 0 Å². The summed E-state index contributed by atoms with van der Waals surface area (Å²) >= 11 is 1.30. The molecule has 0 saturated carbocycles. The van der Waals surface area contributed by atoms with Crippen molar-refractivity contribution < 1.29 is 13.6 Å². The van der Waals surface area contributed by atoms with Crippen molar-refractivity contribution in [3.63, 3.8) is 0 Å². The molecule has 0 spiro atoms. The maximum atomic E-state index is 13.4. The van der Waals surface area contributed by atoms with Gasteiger partial charge in [0.05, 0.1) is 15.8 Å². The number of fused-ring (bicyclic) bond motifs is 1. The standard InChI is InChI=1S/C12H13F2N3OS/c1-11(2,12(3,13)14)17-10(18)8-9-7(4-5-19-9)15-6-16-8/h4-6H,1-3H3,(H,17,18). The summed E-state index contributed by atoms with van der Waals surface area (Å²) in [6.45, 7) is 3.32. The first-order chi connectivity index (χ1) is 8.72. The number of hydrogen-bond donors (Lipinski definition) is 1. The van der Waals surface area contributed by atoms with E-state index in [0.29, 0.717) is 10.2 Å². The lowest BCUT2D eigenvalue weighted by molar-refractivity contribution is -0.0547. The van der Waals surface area contributed by atoms with Crippen LogP contribution in [0.5, 0.6) is 0 Å². The SMILES string of the molecule is CC(F)(F)C(C)(C)NC(=O)c1ncnc2ccsc12. The molecule has 2 rings (SSSR count). The lowest BCUT2D eigenvalue weighted by Gasteiger charge is -2.32. The van der Waals surface area contributed by atoms with Crippen molar-refractivity contribution in [3.05, 3.63) is 23.5 Å². The molecule has 4 nitrogen and oxygen atoms in total. The van der Waals surface area contributed by atoms with Gasteiger partial charge in [-0.2, -0.15) is 0 Å². The van der Waals surface area contributed by atoms with Crippen LogP contribution in [0.25, 0.3) is 10.2 Å². The number of hydrogen-bond acceptors (Lipinski definition) is 4. The number of thiophene rings is 1. The van der Waals surface area contributed by atoms with E-state index in [4.69, 9.17) is 0 Å². The third kappa shape index (κ3) is 2.56. The molecule has 0 aliphatic heterocycles. The Morgan fingerprint density at radius 2 is 2.00 bits per heavy atom. The molecule has 7 heteroatoms. The van der Waals surface area contributed by atoms with Crippen molar-refractivity contribution in [1.29, 1.82) is 0 Å². The zero-order valence-corrected chi connectivity index (χ0v) is 11.5. The highest BCUT2D eigenvalue weighted by Gasteiger charge is 2.43. The number of nitrogens with zero attached hydrogens (tertiary/aromatic N) is 2. The fraction of sp³-hybridized carbons (Fsp3) is 0.417. The maximum Gasteiger partial charge on any atom is 0.272 e. The van der Waals surface area contributed by atoms with Crippen molar-refractivity contribution in [2.24, 2.45) is 0 Å². The smallest absolute Gasteiger partial charge is 0.272 e. The Morgan fingerprint density at radius 1 is 1.32 bits per heavy atom. The number of rotatable bonds is 3. The van der Waals surface area contributed by atoms with Crippen LogP contribution in [-0.2, 0) is 0 Å². The van der Waals surface area contributed by atoms with Crippen LogP contribution < -0.4 is 5.32 Å². The Bertz CT molecular complexity index is 619. The van der Waals surface area contributed by atoms with Gasteiger partial charge in [-0.1, -0.05) is 0 Å². The number of carbonyl (C=O) groups excluding carboxylic acids is 1. The molecule has 0 fully saturated rings. The quantitative estimate of drug-likeness (QED) is 0.943. The summed E-state index contributed by atoms with van der Waals surface area (Å²) < 4.78 is 27.4. The van der Waals surface area contributed by atoms with E-state index in [9.17, 15) is 13.6 Å². The summed E-state index contributed by atoms with van der Waals surface area (Å²) in [5.41, 5.74) is -0.901. The van der Waals surface area contributed by atoms with E-state index >= 15 is 0 Å². The second kappa shape index (κ2) is 4.48. The molecule has 0 aliphatic carbocycles. The number of alkyl halides is 2. The number of aromatic nitrogens is 2. The van der Waals surface area contributed by atoms with Gasteiger partial charge < -0.3 is 5.32 Å². The van der Waals surface area contributed by atoms with Gasteiger partial charge in [0, 0.05) is 6.92 Å². The lowest BCUT2D eigenvalue weighted by atomic mass is 9.97. The second-order valence-electron chi connectivity index (χ2n) is 4.82. The van der Waals surface area contributed by atoms with Gasteiger partial charge in [-0.3, -0.25) is 4.79 Å². The largest absolute Gasteiger partial charge is 0.340 e. The van der Waals surface area contributed by atoms with E-state index in [1.165, 1.54) is 31.5 Å². The van der Waals surface area contributed by atoms with Crippen LogP contribution in [0.4, 0.5) is 8.78 Å². The highest BCUT2D eigenvalue weighted by molar-refractivity contribution is 7.17. The highest BCUT2D eigenvalue weighted by atomic mass is 32.1. The molecule has 0 bridgehead atoms. The average molecular weight is 285 g/mol. The van der Waals surface area contributed by atoms with E-state index in [1.807, 2.05) is 0 Å². The lowest BCUT2D eigenvalue weighted by Crippen LogP contribution is -2.55. The van der Waals surface area contributed by atoms with Gasteiger partial charge in [0.1, 0.15) is 12.0 Å². The van der Waals surface area contributed by atoms with E-state index in [-0.39, 0.29) is 5.69 Å².